The molecule has 3 aromatic rings. The first-order valence-electron chi connectivity index (χ1n) is 9.01. The van der Waals surface area contributed by atoms with Crippen LogP contribution in [-0.2, 0) is 6.54 Å². The summed E-state index contributed by atoms with van der Waals surface area (Å²) >= 11 is 6.03. The summed E-state index contributed by atoms with van der Waals surface area (Å²) in [5.41, 5.74) is 3.41. The van der Waals surface area contributed by atoms with Crippen LogP contribution in [0.4, 0.5) is 0 Å². The smallest absolute Gasteiger partial charge is 0.141 e. The molecule has 1 heterocycles. The van der Waals surface area contributed by atoms with Crippen LogP contribution in [-0.4, -0.2) is 9.55 Å². The minimum absolute atomic E-state index is 0.761. The fourth-order valence-corrected chi connectivity index (χ4v) is 3.30. The Bertz CT molecular complexity index is 774. The van der Waals surface area contributed by atoms with E-state index in [0.29, 0.717) is 0 Å². The predicted molar refractivity (Wildman–Crippen MR) is 104 cm³/mol. The molecule has 3 rings (SSSR count). The van der Waals surface area contributed by atoms with Gasteiger partial charge < -0.3 is 4.57 Å². The molecule has 0 saturated heterocycles. The van der Waals surface area contributed by atoms with Crippen molar-refractivity contribution in [2.24, 2.45) is 0 Å². The summed E-state index contributed by atoms with van der Waals surface area (Å²) in [5, 5.41) is 0.761. The fraction of sp³-hybridized carbons (Fsp3) is 0.381. The summed E-state index contributed by atoms with van der Waals surface area (Å²) in [4.78, 5) is 4.86. The van der Waals surface area contributed by atoms with Crippen molar-refractivity contribution in [2.75, 3.05) is 0 Å². The highest BCUT2D eigenvalue weighted by Crippen LogP contribution is 2.26. The number of rotatable bonds is 8. The van der Waals surface area contributed by atoms with Gasteiger partial charge in [-0.2, -0.15) is 0 Å². The summed E-state index contributed by atoms with van der Waals surface area (Å²) in [6, 6.07) is 16.4. The van der Waals surface area contributed by atoms with Crippen LogP contribution in [0.1, 0.15) is 45.4 Å². The molecule has 24 heavy (non-hydrogen) atoms. The second-order valence-electron chi connectivity index (χ2n) is 6.35. The van der Waals surface area contributed by atoms with Gasteiger partial charge in [0.25, 0.3) is 0 Å². The molecule has 2 nitrogen and oxygen atoms in total. The van der Waals surface area contributed by atoms with Crippen LogP contribution in [0.25, 0.3) is 22.4 Å². The maximum Gasteiger partial charge on any atom is 0.141 e. The van der Waals surface area contributed by atoms with Crippen molar-refractivity contribution in [3.63, 3.8) is 0 Å². The van der Waals surface area contributed by atoms with Gasteiger partial charge in [0.1, 0.15) is 5.82 Å². The number of nitrogens with zero attached hydrogens (tertiary/aromatic N) is 2. The Balaban J connectivity index is 1.81. The normalized spacial score (nSPS) is 11.2. The summed E-state index contributed by atoms with van der Waals surface area (Å²) in [6.45, 7) is 3.28. The van der Waals surface area contributed by atoms with Crippen LogP contribution >= 0.6 is 11.6 Å². The summed E-state index contributed by atoms with van der Waals surface area (Å²) in [5.74, 6) is 1.04. The first-order valence-corrected chi connectivity index (χ1v) is 9.38. The Hall–Kier alpha value is -1.80. The van der Waals surface area contributed by atoms with Gasteiger partial charge in [-0.15, -0.1) is 0 Å². The Morgan fingerprint density at radius 3 is 2.38 bits per heavy atom. The van der Waals surface area contributed by atoms with E-state index in [4.69, 9.17) is 16.6 Å². The fourth-order valence-electron chi connectivity index (χ4n) is 3.17. The Kier molecular flexibility index (Phi) is 5.92. The molecule has 3 heteroatoms. The second kappa shape index (κ2) is 8.34. The Morgan fingerprint density at radius 2 is 1.58 bits per heavy atom. The largest absolute Gasteiger partial charge is 0.324 e. The van der Waals surface area contributed by atoms with Crippen molar-refractivity contribution in [3.05, 3.63) is 53.6 Å². The van der Waals surface area contributed by atoms with Crippen molar-refractivity contribution < 1.29 is 0 Å². The van der Waals surface area contributed by atoms with Gasteiger partial charge in [-0.1, -0.05) is 62.8 Å². The van der Waals surface area contributed by atoms with Gasteiger partial charge in [-0.3, -0.25) is 0 Å². The molecule has 0 amide bonds. The quantitative estimate of drug-likeness (QED) is 0.416. The zero-order valence-electron chi connectivity index (χ0n) is 14.3. The molecule has 0 saturated carbocycles. The zero-order valence-corrected chi connectivity index (χ0v) is 15.1. The first kappa shape index (κ1) is 17.0. The van der Waals surface area contributed by atoms with E-state index in [1.165, 1.54) is 44.0 Å². The lowest BCUT2D eigenvalue weighted by Crippen LogP contribution is -2.01. The highest BCUT2D eigenvalue weighted by molar-refractivity contribution is 6.30. The highest BCUT2D eigenvalue weighted by Gasteiger charge is 2.12. The van der Waals surface area contributed by atoms with Crippen molar-refractivity contribution in [2.45, 2.75) is 52.0 Å². The topological polar surface area (TPSA) is 17.8 Å². The molecule has 0 radical (unpaired) electrons. The van der Waals surface area contributed by atoms with Crippen LogP contribution in [0.2, 0.25) is 5.02 Å². The number of benzene rings is 2. The average molecular weight is 341 g/mol. The average Bonchev–Trinajstić information content (AvgIpc) is 2.97. The monoisotopic (exact) mass is 340 g/mol. The molecular weight excluding hydrogens is 316 g/mol. The lowest BCUT2D eigenvalue weighted by Gasteiger charge is -2.09. The summed E-state index contributed by atoms with van der Waals surface area (Å²) in [7, 11) is 0. The lowest BCUT2D eigenvalue weighted by atomic mass is 10.1. The van der Waals surface area contributed by atoms with Gasteiger partial charge in [0.2, 0.25) is 0 Å². The predicted octanol–water partition coefficient (Wildman–Crippen LogP) is 6.72. The maximum atomic E-state index is 6.03. The summed E-state index contributed by atoms with van der Waals surface area (Å²) < 4.78 is 2.36. The van der Waals surface area contributed by atoms with Gasteiger partial charge in [0.15, 0.2) is 0 Å². The van der Waals surface area contributed by atoms with Crippen LogP contribution < -0.4 is 0 Å². The Morgan fingerprint density at radius 1 is 0.875 bits per heavy atom. The minimum atomic E-state index is 0.761. The number of para-hydroxylation sites is 2. The molecule has 0 atom stereocenters. The number of imidazole rings is 1. The highest BCUT2D eigenvalue weighted by atomic mass is 35.5. The van der Waals surface area contributed by atoms with Crippen molar-refractivity contribution in [1.82, 2.24) is 9.55 Å². The number of hydrogen-bond acceptors (Lipinski definition) is 1. The molecule has 0 aliphatic heterocycles. The second-order valence-corrected chi connectivity index (χ2v) is 6.79. The molecular formula is C21H25ClN2. The molecule has 2 aromatic carbocycles. The first-order chi connectivity index (χ1) is 11.8. The van der Waals surface area contributed by atoms with Gasteiger partial charge in [0, 0.05) is 17.1 Å². The molecule has 126 valence electrons. The third kappa shape index (κ3) is 3.99. The molecule has 0 fully saturated rings. The molecule has 0 spiro atoms. The Labute approximate surface area is 149 Å². The van der Waals surface area contributed by atoms with E-state index in [1.807, 2.05) is 12.1 Å². The van der Waals surface area contributed by atoms with Gasteiger partial charge in [-0.25, -0.2) is 4.98 Å². The number of hydrogen-bond donors (Lipinski definition) is 0. The van der Waals surface area contributed by atoms with E-state index >= 15 is 0 Å². The van der Waals surface area contributed by atoms with Gasteiger partial charge in [-0.05, 0) is 42.8 Å². The van der Waals surface area contributed by atoms with E-state index in [1.54, 1.807) is 0 Å². The SMILES string of the molecule is CCCCCCCCn1c(-c2ccc(Cl)cc2)nc2ccccc21. The number of aromatic nitrogens is 2. The third-order valence-electron chi connectivity index (χ3n) is 4.49. The molecule has 0 bridgehead atoms. The van der Waals surface area contributed by atoms with E-state index in [2.05, 4.69) is 47.9 Å². The zero-order chi connectivity index (χ0) is 16.8. The standard InChI is InChI=1S/C21H25ClN2/c1-2-3-4-5-6-9-16-24-20-11-8-7-10-19(20)23-21(24)17-12-14-18(22)15-13-17/h7-8,10-15H,2-6,9,16H2,1H3. The molecule has 0 N–H and O–H groups in total. The van der Waals surface area contributed by atoms with Gasteiger partial charge in [0.05, 0.1) is 11.0 Å². The third-order valence-corrected chi connectivity index (χ3v) is 4.74. The molecule has 1 aromatic heterocycles. The van der Waals surface area contributed by atoms with E-state index in [9.17, 15) is 0 Å². The number of unbranched alkanes of at least 4 members (excludes halogenated alkanes) is 5. The van der Waals surface area contributed by atoms with Crippen LogP contribution in [0, 0.1) is 0 Å². The molecule has 0 aliphatic rings. The van der Waals surface area contributed by atoms with E-state index in [-0.39, 0.29) is 0 Å². The number of halogens is 1. The van der Waals surface area contributed by atoms with Crippen LogP contribution in [0.3, 0.4) is 0 Å². The number of fused-ring (bicyclic) bond motifs is 1. The van der Waals surface area contributed by atoms with Crippen LogP contribution in [0.5, 0.6) is 0 Å². The summed E-state index contributed by atoms with van der Waals surface area (Å²) in [6.07, 6.45) is 7.82. The number of aryl methyl sites for hydroxylation is 1. The van der Waals surface area contributed by atoms with Crippen molar-refractivity contribution in [1.29, 1.82) is 0 Å². The minimum Gasteiger partial charge on any atom is -0.324 e. The van der Waals surface area contributed by atoms with Crippen molar-refractivity contribution in [3.8, 4) is 11.4 Å². The molecule has 0 aliphatic carbocycles. The molecule has 0 unspecified atom stereocenters. The van der Waals surface area contributed by atoms with E-state index in [0.717, 1.165) is 28.5 Å². The van der Waals surface area contributed by atoms with Gasteiger partial charge >= 0.3 is 0 Å². The van der Waals surface area contributed by atoms with Crippen LogP contribution in [0.15, 0.2) is 48.5 Å². The maximum absolute atomic E-state index is 6.03. The van der Waals surface area contributed by atoms with Crippen molar-refractivity contribution >= 4 is 22.6 Å². The lowest BCUT2D eigenvalue weighted by molar-refractivity contribution is 0.566. The van der Waals surface area contributed by atoms with E-state index < -0.39 is 0 Å².